The zero-order chi connectivity index (χ0) is 19.7. The van der Waals surface area contributed by atoms with Gasteiger partial charge >= 0.3 is 0 Å². The maximum absolute atomic E-state index is 14.1. The van der Waals surface area contributed by atoms with Crippen LogP contribution in [0.5, 0.6) is 0 Å². The van der Waals surface area contributed by atoms with Gasteiger partial charge in [0.25, 0.3) is 5.91 Å². The summed E-state index contributed by atoms with van der Waals surface area (Å²) in [6.07, 6.45) is 4.69. The number of rotatable bonds is 3. The van der Waals surface area contributed by atoms with Gasteiger partial charge in [0.1, 0.15) is 5.82 Å². The van der Waals surface area contributed by atoms with Crippen molar-refractivity contribution in [3.63, 3.8) is 0 Å². The van der Waals surface area contributed by atoms with Crippen molar-refractivity contribution in [2.75, 3.05) is 18.4 Å². The number of carbonyl (C=O) groups excluding carboxylic acids is 1. The summed E-state index contributed by atoms with van der Waals surface area (Å²) in [5, 5.41) is 4.36. The van der Waals surface area contributed by atoms with Crippen molar-refractivity contribution in [2.45, 2.75) is 26.2 Å². The van der Waals surface area contributed by atoms with Crippen LogP contribution in [0, 0.1) is 18.6 Å². The van der Waals surface area contributed by atoms with Crippen molar-refractivity contribution in [1.82, 2.24) is 9.88 Å². The van der Waals surface area contributed by atoms with Crippen molar-refractivity contribution >= 4 is 28.2 Å². The average Bonchev–Trinajstić information content (AvgIpc) is 2.72. The normalized spacial score (nSPS) is 14.3. The number of nitrogens with one attached hydrogen (secondary N) is 1. The summed E-state index contributed by atoms with van der Waals surface area (Å²) in [7, 11) is 0. The molecule has 1 N–H and O–H groups in total. The lowest BCUT2D eigenvalue weighted by Gasteiger charge is -2.27. The molecule has 1 fully saturated rings. The predicted molar refractivity (Wildman–Crippen MR) is 106 cm³/mol. The fraction of sp³-hybridized carbons (Fsp3) is 0.273. The zero-order valence-electron chi connectivity index (χ0n) is 15.6. The first-order valence-electron chi connectivity index (χ1n) is 9.45. The number of likely N-dealkylation sites (tertiary alicyclic amines) is 1. The van der Waals surface area contributed by atoms with E-state index in [1.54, 1.807) is 0 Å². The summed E-state index contributed by atoms with van der Waals surface area (Å²) in [5.41, 5.74) is 1.48. The molecule has 28 heavy (non-hydrogen) atoms. The van der Waals surface area contributed by atoms with Gasteiger partial charge in [0.05, 0.1) is 11.3 Å². The van der Waals surface area contributed by atoms with E-state index >= 15 is 0 Å². The number of hydrogen-bond acceptors (Lipinski definition) is 3. The number of aromatic nitrogens is 1. The second kappa shape index (κ2) is 7.54. The van der Waals surface area contributed by atoms with Crippen LogP contribution >= 0.6 is 0 Å². The van der Waals surface area contributed by atoms with Gasteiger partial charge in [0, 0.05) is 30.1 Å². The molecule has 2 aromatic carbocycles. The van der Waals surface area contributed by atoms with Crippen molar-refractivity contribution in [2.24, 2.45) is 0 Å². The summed E-state index contributed by atoms with van der Waals surface area (Å²) < 4.78 is 27.6. The van der Waals surface area contributed by atoms with E-state index in [4.69, 9.17) is 0 Å². The second-order valence-electron chi connectivity index (χ2n) is 7.10. The minimum absolute atomic E-state index is 0.00501. The highest BCUT2D eigenvalue weighted by atomic mass is 19.2. The molecule has 1 aromatic heterocycles. The summed E-state index contributed by atoms with van der Waals surface area (Å²) in [4.78, 5) is 19.3. The molecular formula is C22H21F2N3O. The summed E-state index contributed by atoms with van der Waals surface area (Å²) in [6, 6.07) is 9.58. The van der Waals surface area contributed by atoms with Gasteiger partial charge in [-0.05, 0) is 43.9 Å². The summed E-state index contributed by atoms with van der Waals surface area (Å²) in [6.45, 7) is 3.43. The fourth-order valence-corrected chi connectivity index (χ4v) is 3.74. The first-order chi connectivity index (χ1) is 13.6. The zero-order valence-corrected chi connectivity index (χ0v) is 15.6. The Balaban J connectivity index is 1.79. The van der Waals surface area contributed by atoms with Crippen LogP contribution in [0.4, 0.5) is 20.3 Å². The highest BCUT2D eigenvalue weighted by Crippen LogP contribution is 2.31. The Morgan fingerprint density at radius 3 is 2.61 bits per heavy atom. The SMILES string of the molecule is Cc1cccc2c(Nc3cccc(F)c3F)ncc(C(=O)N3CCCCC3)c12. The Morgan fingerprint density at radius 1 is 1.07 bits per heavy atom. The molecule has 6 heteroatoms. The van der Waals surface area contributed by atoms with E-state index in [9.17, 15) is 13.6 Å². The number of piperidine rings is 1. The lowest BCUT2D eigenvalue weighted by Crippen LogP contribution is -2.35. The molecule has 0 aliphatic carbocycles. The molecular weight excluding hydrogens is 360 g/mol. The van der Waals surface area contributed by atoms with Gasteiger partial charge in [-0.1, -0.05) is 24.3 Å². The number of amides is 1. The van der Waals surface area contributed by atoms with E-state index in [1.807, 2.05) is 30.0 Å². The van der Waals surface area contributed by atoms with E-state index in [-0.39, 0.29) is 11.6 Å². The second-order valence-corrected chi connectivity index (χ2v) is 7.10. The standard InChI is InChI=1S/C22H21F2N3O/c1-14-7-5-8-15-19(14)16(22(28)27-11-3-2-4-12-27)13-25-21(15)26-18-10-6-9-17(23)20(18)24/h5-10,13H,2-4,11-12H2,1H3,(H,25,26). The number of pyridine rings is 1. The van der Waals surface area contributed by atoms with Gasteiger partial charge in [-0.2, -0.15) is 0 Å². The number of fused-ring (bicyclic) bond motifs is 1. The molecule has 0 spiro atoms. The van der Waals surface area contributed by atoms with E-state index < -0.39 is 11.6 Å². The number of hydrogen-bond donors (Lipinski definition) is 1. The molecule has 0 radical (unpaired) electrons. The number of benzene rings is 2. The van der Waals surface area contributed by atoms with Crippen LogP contribution in [-0.4, -0.2) is 28.9 Å². The van der Waals surface area contributed by atoms with Crippen molar-refractivity contribution in [1.29, 1.82) is 0 Å². The molecule has 0 unspecified atom stereocenters. The van der Waals surface area contributed by atoms with Gasteiger partial charge in [-0.3, -0.25) is 4.79 Å². The predicted octanol–water partition coefficient (Wildman–Crippen LogP) is 5.19. The lowest BCUT2D eigenvalue weighted by molar-refractivity contribution is 0.0726. The van der Waals surface area contributed by atoms with Gasteiger partial charge in [-0.25, -0.2) is 13.8 Å². The number of aryl methyl sites for hydroxylation is 1. The number of nitrogens with zero attached hydrogens (tertiary/aromatic N) is 2. The van der Waals surface area contributed by atoms with Crippen LogP contribution in [0.2, 0.25) is 0 Å². The third-order valence-corrected chi connectivity index (χ3v) is 5.20. The molecule has 1 saturated heterocycles. The largest absolute Gasteiger partial charge is 0.339 e. The molecule has 0 bridgehead atoms. The third-order valence-electron chi connectivity index (χ3n) is 5.20. The van der Waals surface area contributed by atoms with Crippen molar-refractivity contribution in [3.8, 4) is 0 Å². The van der Waals surface area contributed by atoms with Crippen molar-refractivity contribution in [3.05, 3.63) is 65.4 Å². The summed E-state index contributed by atoms with van der Waals surface area (Å²) >= 11 is 0. The van der Waals surface area contributed by atoms with Crippen LogP contribution in [-0.2, 0) is 0 Å². The van der Waals surface area contributed by atoms with E-state index in [2.05, 4.69) is 10.3 Å². The molecule has 0 atom stereocenters. The van der Waals surface area contributed by atoms with Crippen LogP contribution in [0.15, 0.2) is 42.6 Å². The van der Waals surface area contributed by atoms with E-state index in [1.165, 1.54) is 18.3 Å². The maximum Gasteiger partial charge on any atom is 0.256 e. The molecule has 0 saturated carbocycles. The maximum atomic E-state index is 14.1. The molecule has 4 rings (SSSR count). The Kier molecular flexibility index (Phi) is 4.94. The monoisotopic (exact) mass is 381 g/mol. The minimum Gasteiger partial charge on any atom is -0.339 e. The highest BCUT2D eigenvalue weighted by Gasteiger charge is 2.22. The first kappa shape index (κ1) is 18.3. The van der Waals surface area contributed by atoms with Crippen LogP contribution in [0.25, 0.3) is 10.8 Å². The van der Waals surface area contributed by atoms with Crippen LogP contribution in [0.1, 0.15) is 35.2 Å². The Bertz CT molecular complexity index is 1050. The average molecular weight is 381 g/mol. The number of anilines is 2. The molecule has 3 aromatic rings. The highest BCUT2D eigenvalue weighted by molar-refractivity contribution is 6.10. The Morgan fingerprint density at radius 2 is 1.82 bits per heavy atom. The number of halogens is 2. The van der Waals surface area contributed by atoms with E-state index in [0.717, 1.165) is 49.4 Å². The van der Waals surface area contributed by atoms with Gasteiger partial charge in [-0.15, -0.1) is 0 Å². The molecule has 144 valence electrons. The van der Waals surface area contributed by atoms with Gasteiger partial charge in [0.2, 0.25) is 0 Å². The summed E-state index contributed by atoms with van der Waals surface area (Å²) in [5.74, 6) is -1.53. The van der Waals surface area contributed by atoms with Gasteiger partial charge in [0.15, 0.2) is 11.6 Å². The van der Waals surface area contributed by atoms with E-state index in [0.29, 0.717) is 16.8 Å². The molecule has 2 heterocycles. The molecule has 4 nitrogen and oxygen atoms in total. The van der Waals surface area contributed by atoms with Crippen molar-refractivity contribution < 1.29 is 13.6 Å². The van der Waals surface area contributed by atoms with Crippen LogP contribution in [0.3, 0.4) is 0 Å². The lowest BCUT2D eigenvalue weighted by atomic mass is 10.00. The fourth-order valence-electron chi connectivity index (χ4n) is 3.74. The van der Waals surface area contributed by atoms with Gasteiger partial charge < -0.3 is 10.2 Å². The minimum atomic E-state index is -0.960. The molecule has 1 aliphatic heterocycles. The quantitative estimate of drug-likeness (QED) is 0.679. The number of carbonyl (C=O) groups is 1. The topological polar surface area (TPSA) is 45.2 Å². The Labute approximate surface area is 162 Å². The first-order valence-corrected chi connectivity index (χ1v) is 9.45. The smallest absolute Gasteiger partial charge is 0.256 e. The Hall–Kier alpha value is -3.02. The third kappa shape index (κ3) is 3.30. The molecule has 1 aliphatic rings. The van der Waals surface area contributed by atoms with Crippen LogP contribution < -0.4 is 5.32 Å². The molecule has 1 amide bonds.